The summed E-state index contributed by atoms with van der Waals surface area (Å²) < 4.78 is 25.8. The van der Waals surface area contributed by atoms with Gasteiger partial charge in [0.2, 0.25) is 0 Å². The van der Waals surface area contributed by atoms with Gasteiger partial charge in [0.15, 0.2) is 0 Å². The number of terminal acetylenes is 1. The van der Waals surface area contributed by atoms with Crippen molar-refractivity contribution in [3.63, 3.8) is 0 Å². The Labute approximate surface area is 81.1 Å². The van der Waals surface area contributed by atoms with Gasteiger partial charge in [0.25, 0.3) is 0 Å². The summed E-state index contributed by atoms with van der Waals surface area (Å²) in [6, 6.07) is 2.81. The van der Waals surface area contributed by atoms with Gasteiger partial charge in [-0.25, -0.2) is 8.78 Å². The van der Waals surface area contributed by atoms with Crippen LogP contribution in [0.2, 0.25) is 0 Å². The SMILES string of the molecule is C#CCC(NN)c1ccc(F)cc1F. The molecule has 0 bridgehead atoms. The van der Waals surface area contributed by atoms with Crippen molar-refractivity contribution >= 4 is 0 Å². The highest BCUT2D eigenvalue weighted by atomic mass is 19.1. The Morgan fingerprint density at radius 1 is 1.50 bits per heavy atom. The predicted molar refractivity (Wildman–Crippen MR) is 49.9 cm³/mol. The predicted octanol–water partition coefficient (Wildman–Crippen LogP) is 1.49. The maximum atomic E-state index is 13.2. The van der Waals surface area contributed by atoms with Gasteiger partial charge in [0.1, 0.15) is 11.6 Å². The molecule has 1 aromatic carbocycles. The summed E-state index contributed by atoms with van der Waals surface area (Å²) in [5.74, 6) is 6.28. The number of nitrogens with one attached hydrogen (secondary N) is 1. The van der Waals surface area contributed by atoms with Crippen molar-refractivity contribution in [1.82, 2.24) is 5.43 Å². The highest BCUT2D eigenvalue weighted by Crippen LogP contribution is 2.19. The third-order valence-corrected chi connectivity index (χ3v) is 1.86. The molecule has 14 heavy (non-hydrogen) atoms. The van der Waals surface area contributed by atoms with E-state index >= 15 is 0 Å². The third kappa shape index (κ3) is 2.28. The third-order valence-electron chi connectivity index (χ3n) is 1.86. The van der Waals surface area contributed by atoms with Crippen LogP contribution < -0.4 is 11.3 Å². The van der Waals surface area contributed by atoms with E-state index in [1.54, 1.807) is 0 Å². The lowest BCUT2D eigenvalue weighted by molar-refractivity contribution is 0.511. The first kappa shape index (κ1) is 10.6. The molecule has 0 aliphatic heterocycles. The van der Waals surface area contributed by atoms with Gasteiger partial charge < -0.3 is 0 Å². The Kier molecular flexibility index (Phi) is 3.57. The lowest BCUT2D eigenvalue weighted by Gasteiger charge is -2.13. The first-order valence-electron chi connectivity index (χ1n) is 4.03. The van der Waals surface area contributed by atoms with Crippen LogP contribution in [0, 0.1) is 24.0 Å². The Morgan fingerprint density at radius 3 is 2.71 bits per heavy atom. The van der Waals surface area contributed by atoms with Crippen LogP contribution in [-0.2, 0) is 0 Å². The fourth-order valence-corrected chi connectivity index (χ4v) is 1.16. The van der Waals surface area contributed by atoms with Gasteiger partial charge in [0.05, 0.1) is 6.04 Å². The number of hydrogen-bond acceptors (Lipinski definition) is 2. The monoisotopic (exact) mass is 196 g/mol. The fourth-order valence-electron chi connectivity index (χ4n) is 1.16. The van der Waals surface area contributed by atoms with E-state index in [-0.39, 0.29) is 12.0 Å². The normalized spacial score (nSPS) is 12.1. The lowest BCUT2D eigenvalue weighted by Crippen LogP contribution is -2.28. The van der Waals surface area contributed by atoms with Gasteiger partial charge in [-0.05, 0) is 6.07 Å². The largest absolute Gasteiger partial charge is 0.271 e. The number of nitrogens with two attached hydrogens (primary N) is 1. The van der Waals surface area contributed by atoms with Crippen molar-refractivity contribution in [1.29, 1.82) is 0 Å². The second kappa shape index (κ2) is 4.70. The Bertz CT molecular complexity index is 358. The van der Waals surface area contributed by atoms with Crippen LogP contribution in [0.4, 0.5) is 8.78 Å². The minimum atomic E-state index is -0.650. The second-order valence-electron chi connectivity index (χ2n) is 2.79. The highest BCUT2D eigenvalue weighted by molar-refractivity contribution is 5.23. The maximum absolute atomic E-state index is 13.2. The van der Waals surface area contributed by atoms with Crippen LogP contribution in [0.3, 0.4) is 0 Å². The van der Waals surface area contributed by atoms with Crippen LogP contribution in [0.15, 0.2) is 18.2 Å². The molecule has 0 heterocycles. The van der Waals surface area contributed by atoms with E-state index in [0.717, 1.165) is 6.07 Å². The van der Waals surface area contributed by atoms with E-state index < -0.39 is 17.7 Å². The van der Waals surface area contributed by atoms with E-state index in [2.05, 4.69) is 11.3 Å². The molecule has 0 aliphatic carbocycles. The Balaban J connectivity index is 2.99. The van der Waals surface area contributed by atoms with Crippen LogP contribution in [-0.4, -0.2) is 0 Å². The summed E-state index contributed by atoms with van der Waals surface area (Å²) in [7, 11) is 0. The molecule has 1 rings (SSSR count). The molecule has 0 radical (unpaired) electrons. The van der Waals surface area contributed by atoms with Crippen LogP contribution >= 0.6 is 0 Å². The van der Waals surface area contributed by atoms with Crippen molar-refractivity contribution in [2.45, 2.75) is 12.5 Å². The standard InChI is InChI=1S/C10H10F2N2/c1-2-3-10(14-13)8-5-4-7(11)6-9(8)12/h1,4-6,10,14H,3,13H2. The van der Waals surface area contributed by atoms with Crippen molar-refractivity contribution < 1.29 is 8.78 Å². The van der Waals surface area contributed by atoms with E-state index in [1.807, 2.05) is 0 Å². The lowest BCUT2D eigenvalue weighted by atomic mass is 10.0. The van der Waals surface area contributed by atoms with Crippen LogP contribution in [0.25, 0.3) is 0 Å². The summed E-state index contributed by atoms with van der Waals surface area (Å²) in [4.78, 5) is 0. The van der Waals surface area contributed by atoms with Crippen molar-refractivity contribution in [3.8, 4) is 12.3 Å². The molecular weight excluding hydrogens is 186 g/mol. The zero-order chi connectivity index (χ0) is 10.6. The zero-order valence-corrected chi connectivity index (χ0v) is 7.43. The molecule has 0 aliphatic rings. The Morgan fingerprint density at radius 2 is 2.21 bits per heavy atom. The molecular formula is C10H10F2N2. The number of rotatable bonds is 3. The second-order valence-corrected chi connectivity index (χ2v) is 2.79. The summed E-state index contributed by atoms with van der Waals surface area (Å²) in [5, 5.41) is 0. The quantitative estimate of drug-likeness (QED) is 0.436. The average molecular weight is 196 g/mol. The first-order valence-corrected chi connectivity index (χ1v) is 4.03. The van der Waals surface area contributed by atoms with Crippen LogP contribution in [0.1, 0.15) is 18.0 Å². The minimum Gasteiger partial charge on any atom is -0.271 e. The molecule has 0 saturated carbocycles. The first-order chi connectivity index (χ1) is 6.69. The molecule has 1 unspecified atom stereocenters. The van der Waals surface area contributed by atoms with E-state index in [0.29, 0.717) is 0 Å². The Hall–Kier alpha value is -1.44. The zero-order valence-electron chi connectivity index (χ0n) is 7.43. The molecule has 1 atom stereocenters. The highest BCUT2D eigenvalue weighted by Gasteiger charge is 2.13. The van der Waals surface area contributed by atoms with E-state index in [1.165, 1.54) is 12.1 Å². The smallest absolute Gasteiger partial charge is 0.130 e. The molecule has 0 saturated heterocycles. The van der Waals surface area contributed by atoms with Gasteiger partial charge in [-0.3, -0.25) is 11.3 Å². The summed E-state index contributed by atoms with van der Waals surface area (Å²) in [6.45, 7) is 0. The maximum Gasteiger partial charge on any atom is 0.130 e. The average Bonchev–Trinajstić information content (AvgIpc) is 2.15. The number of hydrogen-bond donors (Lipinski definition) is 2. The molecule has 1 aromatic rings. The number of benzene rings is 1. The number of hydrazine groups is 1. The molecule has 4 heteroatoms. The molecule has 0 aromatic heterocycles. The van der Waals surface area contributed by atoms with Gasteiger partial charge >= 0.3 is 0 Å². The molecule has 2 nitrogen and oxygen atoms in total. The van der Waals surface area contributed by atoms with Crippen molar-refractivity contribution in [3.05, 3.63) is 35.4 Å². The molecule has 0 fully saturated rings. The number of halogens is 2. The molecule has 0 amide bonds. The topological polar surface area (TPSA) is 38.0 Å². The van der Waals surface area contributed by atoms with Gasteiger partial charge in [-0.2, -0.15) is 0 Å². The van der Waals surface area contributed by atoms with Gasteiger partial charge in [0, 0.05) is 18.1 Å². The minimum absolute atomic E-state index is 0.249. The molecule has 3 N–H and O–H groups in total. The van der Waals surface area contributed by atoms with E-state index in [9.17, 15) is 8.78 Å². The summed E-state index contributed by atoms with van der Waals surface area (Å²) >= 11 is 0. The van der Waals surface area contributed by atoms with Gasteiger partial charge in [-0.1, -0.05) is 6.07 Å². The summed E-state index contributed by atoms with van der Waals surface area (Å²) in [6.07, 6.45) is 5.33. The van der Waals surface area contributed by atoms with Gasteiger partial charge in [-0.15, -0.1) is 12.3 Å². The van der Waals surface area contributed by atoms with Crippen LogP contribution in [0.5, 0.6) is 0 Å². The fraction of sp³-hybridized carbons (Fsp3) is 0.200. The summed E-state index contributed by atoms with van der Waals surface area (Å²) in [5.41, 5.74) is 2.64. The van der Waals surface area contributed by atoms with Crippen molar-refractivity contribution in [2.24, 2.45) is 5.84 Å². The molecule has 74 valence electrons. The molecule has 0 spiro atoms. The van der Waals surface area contributed by atoms with E-state index in [4.69, 9.17) is 12.3 Å². The van der Waals surface area contributed by atoms with Crippen molar-refractivity contribution in [2.75, 3.05) is 0 Å².